The molecule has 0 spiro atoms. The third-order valence-electron chi connectivity index (χ3n) is 5.41. The molecule has 1 saturated heterocycles. The van der Waals surface area contributed by atoms with E-state index in [-0.39, 0.29) is 17.2 Å². The Labute approximate surface area is 163 Å². The molecule has 0 radical (unpaired) electrons. The highest BCUT2D eigenvalue weighted by Gasteiger charge is 2.26. The minimum absolute atomic E-state index is 0.0209. The predicted octanol–water partition coefficient (Wildman–Crippen LogP) is 4.38. The van der Waals surface area contributed by atoms with Gasteiger partial charge in [0.25, 0.3) is 0 Å². The molecule has 1 aliphatic rings. The lowest BCUT2D eigenvalue weighted by atomic mass is 9.87. The fraction of sp³-hybridized carbons (Fsp3) is 0.500. The maximum Gasteiger partial charge on any atom is 0.179 e. The number of benzene rings is 1. The maximum atomic E-state index is 12.8. The van der Waals surface area contributed by atoms with E-state index in [2.05, 4.69) is 36.7 Å². The van der Waals surface area contributed by atoms with Crippen molar-refractivity contribution in [3.63, 3.8) is 0 Å². The number of sulfone groups is 1. The van der Waals surface area contributed by atoms with Crippen LogP contribution in [0.2, 0.25) is 0 Å². The van der Waals surface area contributed by atoms with Crippen LogP contribution in [0, 0.1) is 0 Å². The summed E-state index contributed by atoms with van der Waals surface area (Å²) >= 11 is 0. The highest BCUT2D eigenvalue weighted by molar-refractivity contribution is 7.91. The first kappa shape index (κ1) is 20.0. The smallest absolute Gasteiger partial charge is 0.179 e. The average Bonchev–Trinajstić information content (AvgIpc) is 2.67. The zero-order chi connectivity index (χ0) is 19.5. The second kappa shape index (κ2) is 8.11. The monoisotopic (exact) mass is 386 g/mol. The minimum atomic E-state index is -3.28. The molecule has 4 nitrogen and oxygen atoms in total. The van der Waals surface area contributed by atoms with E-state index in [9.17, 15) is 8.42 Å². The van der Waals surface area contributed by atoms with E-state index in [0.29, 0.717) is 11.4 Å². The maximum absolute atomic E-state index is 12.8. The van der Waals surface area contributed by atoms with Gasteiger partial charge in [0.05, 0.1) is 10.6 Å². The van der Waals surface area contributed by atoms with Crippen LogP contribution in [0.3, 0.4) is 0 Å². The largest absolute Gasteiger partial charge is 0.295 e. The Morgan fingerprint density at radius 3 is 2.48 bits per heavy atom. The normalized spacial score (nSPS) is 19.1. The topological polar surface area (TPSA) is 50.3 Å². The molecule has 146 valence electrons. The highest BCUT2D eigenvalue weighted by atomic mass is 32.2. The van der Waals surface area contributed by atoms with Gasteiger partial charge in [-0.25, -0.2) is 8.42 Å². The number of aromatic nitrogens is 1. The predicted molar refractivity (Wildman–Crippen MR) is 110 cm³/mol. The summed E-state index contributed by atoms with van der Waals surface area (Å²) in [6.45, 7) is 7.89. The van der Waals surface area contributed by atoms with Gasteiger partial charge in [-0.3, -0.25) is 9.88 Å². The van der Waals surface area contributed by atoms with Crippen molar-refractivity contribution in [3.8, 4) is 0 Å². The molecule has 1 aromatic heterocycles. The first-order chi connectivity index (χ1) is 12.8. The van der Waals surface area contributed by atoms with Crippen LogP contribution in [0.5, 0.6) is 0 Å². The van der Waals surface area contributed by atoms with Crippen molar-refractivity contribution in [2.24, 2.45) is 0 Å². The molecule has 2 heterocycles. The van der Waals surface area contributed by atoms with Crippen LogP contribution in [0.1, 0.15) is 57.2 Å². The summed E-state index contributed by atoms with van der Waals surface area (Å²) in [5.74, 6) is 0.151. The molecule has 1 aromatic carbocycles. The van der Waals surface area contributed by atoms with Crippen LogP contribution in [0.25, 0.3) is 0 Å². The van der Waals surface area contributed by atoms with Gasteiger partial charge >= 0.3 is 0 Å². The van der Waals surface area contributed by atoms with Gasteiger partial charge in [-0.2, -0.15) is 0 Å². The molecular weight excluding hydrogens is 356 g/mol. The zero-order valence-electron chi connectivity index (χ0n) is 16.6. The summed E-state index contributed by atoms with van der Waals surface area (Å²) in [4.78, 5) is 6.96. The number of nitrogens with zero attached hydrogens (tertiary/aromatic N) is 2. The average molecular weight is 387 g/mol. The fourth-order valence-electron chi connectivity index (χ4n) is 3.73. The van der Waals surface area contributed by atoms with Crippen LogP contribution in [0.4, 0.5) is 0 Å². The summed E-state index contributed by atoms with van der Waals surface area (Å²) in [7, 11) is -3.28. The molecule has 0 saturated carbocycles. The van der Waals surface area contributed by atoms with Crippen molar-refractivity contribution >= 4 is 9.84 Å². The van der Waals surface area contributed by atoms with Gasteiger partial charge in [0.2, 0.25) is 0 Å². The highest BCUT2D eigenvalue weighted by Crippen LogP contribution is 2.30. The van der Waals surface area contributed by atoms with Crippen molar-refractivity contribution < 1.29 is 8.42 Å². The molecule has 0 bridgehead atoms. The first-order valence-corrected chi connectivity index (χ1v) is 11.4. The summed E-state index contributed by atoms with van der Waals surface area (Å²) in [6, 6.07) is 11.7. The zero-order valence-corrected chi connectivity index (χ0v) is 17.4. The summed E-state index contributed by atoms with van der Waals surface area (Å²) in [6.07, 6.45) is 7.05. The molecule has 0 N–H and O–H groups in total. The van der Waals surface area contributed by atoms with E-state index in [1.807, 2.05) is 24.4 Å². The SMILES string of the molecule is CC(C)(C)c1ccc(S(=O)(=O)CCN2CCCC[C@@H]2c2cccnc2)cc1. The van der Waals surface area contributed by atoms with Gasteiger partial charge < -0.3 is 0 Å². The minimum Gasteiger partial charge on any atom is -0.295 e. The van der Waals surface area contributed by atoms with Crippen LogP contribution in [-0.2, 0) is 15.3 Å². The van der Waals surface area contributed by atoms with E-state index in [4.69, 9.17) is 0 Å². The van der Waals surface area contributed by atoms with Crippen molar-refractivity contribution in [3.05, 3.63) is 59.9 Å². The van der Waals surface area contributed by atoms with Crippen molar-refractivity contribution in [1.82, 2.24) is 9.88 Å². The number of likely N-dealkylation sites (tertiary alicyclic amines) is 1. The lowest BCUT2D eigenvalue weighted by Gasteiger charge is -2.35. The molecule has 2 aromatic rings. The molecule has 5 heteroatoms. The first-order valence-electron chi connectivity index (χ1n) is 9.75. The number of rotatable bonds is 5. The summed E-state index contributed by atoms with van der Waals surface area (Å²) in [5, 5.41) is 0. The fourth-order valence-corrected chi connectivity index (χ4v) is 4.99. The molecule has 3 rings (SSSR count). The van der Waals surface area contributed by atoms with Crippen molar-refractivity contribution in [2.45, 2.75) is 56.4 Å². The Hall–Kier alpha value is -1.72. The van der Waals surface area contributed by atoms with E-state index >= 15 is 0 Å². The van der Waals surface area contributed by atoms with Gasteiger partial charge in [0.1, 0.15) is 0 Å². The molecule has 0 amide bonds. The molecule has 0 unspecified atom stereocenters. The second-order valence-corrected chi connectivity index (χ2v) is 10.5. The van der Waals surface area contributed by atoms with Crippen LogP contribution in [0.15, 0.2) is 53.7 Å². The number of pyridine rings is 1. The van der Waals surface area contributed by atoms with Crippen LogP contribution < -0.4 is 0 Å². The van der Waals surface area contributed by atoms with Gasteiger partial charge in [0.15, 0.2) is 9.84 Å². The Kier molecular flexibility index (Phi) is 6.02. The van der Waals surface area contributed by atoms with E-state index in [0.717, 1.165) is 24.9 Å². The quantitative estimate of drug-likeness (QED) is 0.765. The van der Waals surface area contributed by atoms with Gasteiger partial charge in [-0.1, -0.05) is 45.4 Å². The molecule has 27 heavy (non-hydrogen) atoms. The molecule has 1 fully saturated rings. The van der Waals surface area contributed by atoms with Crippen LogP contribution >= 0.6 is 0 Å². The third-order valence-corrected chi connectivity index (χ3v) is 7.12. The molecular formula is C22H30N2O2S. The van der Waals surface area contributed by atoms with E-state index in [1.165, 1.54) is 12.0 Å². The Morgan fingerprint density at radius 1 is 1.11 bits per heavy atom. The third kappa shape index (κ3) is 4.96. The lowest BCUT2D eigenvalue weighted by molar-refractivity contribution is 0.158. The number of hydrogen-bond donors (Lipinski definition) is 0. The number of hydrogen-bond acceptors (Lipinski definition) is 4. The van der Waals surface area contributed by atoms with Gasteiger partial charge in [-0.05, 0) is 54.1 Å². The standard InChI is InChI=1S/C22H30N2O2S/c1-22(2,3)19-9-11-20(12-10-19)27(25,26)16-15-24-14-5-4-8-21(24)18-7-6-13-23-17-18/h6-7,9-13,17,21H,4-5,8,14-16H2,1-3H3/t21-/m1/s1. The lowest BCUT2D eigenvalue weighted by Crippen LogP contribution is -2.36. The molecule has 1 atom stereocenters. The van der Waals surface area contributed by atoms with E-state index < -0.39 is 9.84 Å². The number of piperidine rings is 1. The van der Waals surface area contributed by atoms with Crippen LogP contribution in [-0.4, -0.2) is 37.1 Å². The summed E-state index contributed by atoms with van der Waals surface area (Å²) in [5.41, 5.74) is 2.35. The van der Waals surface area contributed by atoms with E-state index in [1.54, 1.807) is 18.3 Å². The van der Waals surface area contributed by atoms with Gasteiger partial charge in [-0.15, -0.1) is 0 Å². The second-order valence-electron chi connectivity index (χ2n) is 8.43. The Balaban J connectivity index is 1.70. The Morgan fingerprint density at radius 2 is 1.85 bits per heavy atom. The van der Waals surface area contributed by atoms with Gasteiger partial charge in [0, 0.05) is 25.0 Å². The summed E-state index contributed by atoms with van der Waals surface area (Å²) < 4.78 is 25.7. The van der Waals surface area contributed by atoms with Crippen molar-refractivity contribution in [2.75, 3.05) is 18.8 Å². The van der Waals surface area contributed by atoms with Crippen molar-refractivity contribution in [1.29, 1.82) is 0 Å². The molecule has 0 aliphatic carbocycles. The molecule has 1 aliphatic heterocycles. The Bertz CT molecular complexity index is 840.